The average molecular weight is 518 g/mol. The van der Waals surface area contributed by atoms with Crippen LogP contribution in [-0.4, -0.2) is 29.7 Å². The van der Waals surface area contributed by atoms with Crippen LogP contribution in [0.3, 0.4) is 0 Å². The van der Waals surface area contributed by atoms with Crippen LogP contribution in [0, 0.1) is 0 Å². The van der Waals surface area contributed by atoms with Gasteiger partial charge in [0, 0.05) is 37.3 Å². The Kier molecular flexibility index (Phi) is 27.1. The number of allylic oxidation sites excluding steroid dienone is 12. The van der Waals surface area contributed by atoms with Gasteiger partial charge in [-0.15, -0.1) is 0 Å². The molecule has 0 unspecified atom stereocenters. The molecule has 0 aliphatic rings. The Morgan fingerprint density at radius 2 is 1.11 bits per heavy atom. The van der Waals surface area contributed by atoms with Crippen LogP contribution >= 0.6 is 21.6 Å². The summed E-state index contributed by atoms with van der Waals surface area (Å²) in [5.41, 5.74) is 0. The van der Waals surface area contributed by atoms with E-state index in [1.165, 1.54) is 0 Å². The number of hydrogen-bond donors (Lipinski definition) is 1. The summed E-state index contributed by atoms with van der Waals surface area (Å²) in [5, 5.41) is 2.86. The van der Waals surface area contributed by atoms with Crippen LogP contribution in [0.15, 0.2) is 72.9 Å². The van der Waals surface area contributed by atoms with E-state index in [0.29, 0.717) is 25.0 Å². The zero-order valence-corrected chi connectivity index (χ0v) is 23.6. The highest BCUT2D eigenvalue weighted by atomic mass is 33.1. The fourth-order valence-corrected chi connectivity index (χ4v) is 4.81. The highest BCUT2D eigenvalue weighted by Gasteiger charge is 2.01. The van der Waals surface area contributed by atoms with Crippen LogP contribution in [0.5, 0.6) is 0 Å². The van der Waals surface area contributed by atoms with Crippen molar-refractivity contribution >= 4 is 33.3 Å². The maximum atomic E-state index is 11.9. The van der Waals surface area contributed by atoms with Crippen molar-refractivity contribution < 1.29 is 9.59 Å². The van der Waals surface area contributed by atoms with Gasteiger partial charge in [-0.25, -0.2) is 0 Å². The number of Topliss-reactive ketones (excluding diaryl/α,β-unsaturated/α-hetero) is 1. The van der Waals surface area contributed by atoms with E-state index in [4.69, 9.17) is 0 Å². The molecule has 0 aromatic carbocycles. The smallest absolute Gasteiger partial charge is 0.219 e. The zero-order valence-electron chi connectivity index (χ0n) is 22.0. The lowest BCUT2D eigenvalue weighted by Gasteiger charge is -2.03. The van der Waals surface area contributed by atoms with E-state index in [1.807, 2.05) is 6.92 Å². The molecule has 5 heteroatoms. The second kappa shape index (κ2) is 28.5. The van der Waals surface area contributed by atoms with Gasteiger partial charge in [-0.2, -0.15) is 0 Å². The zero-order chi connectivity index (χ0) is 25.7. The summed E-state index contributed by atoms with van der Waals surface area (Å²) < 4.78 is 0. The topological polar surface area (TPSA) is 46.2 Å². The summed E-state index contributed by atoms with van der Waals surface area (Å²) in [4.78, 5) is 23.1. The van der Waals surface area contributed by atoms with Crippen LogP contribution in [-0.2, 0) is 9.59 Å². The standard InChI is InChI=1S/C30H47NO2S2/c1-3-5-6-7-8-9-10-11-12-13-14-15-16-17-18-19-20-21-22-24-29(32)25-23-27-34-35-28-26-31-30(33)4-2/h5-6,8-9,11-12,14-15,17-18,20-21H,3-4,7,10,13,16,19,22-28H2,1-2H3,(H,31,33)/b6-5-,9-8-,12-11-,15-14-,18-17-,21-20-. The number of ketones is 1. The van der Waals surface area contributed by atoms with E-state index < -0.39 is 0 Å². The molecule has 0 saturated heterocycles. The van der Waals surface area contributed by atoms with Gasteiger partial charge in [0.2, 0.25) is 5.91 Å². The highest BCUT2D eigenvalue weighted by Crippen LogP contribution is 2.22. The van der Waals surface area contributed by atoms with Crippen molar-refractivity contribution in [1.29, 1.82) is 0 Å². The molecule has 0 spiro atoms. The predicted molar refractivity (Wildman–Crippen MR) is 160 cm³/mol. The van der Waals surface area contributed by atoms with Gasteiger partial charge in [-0.3, -0.25) is 9.59 Å². The van der Waals surface area contributed by atoms with Crippen molar-refractivity contribution in [3.63, 3.8) is 0 Å². The van der Waals surface area contributed by atoms with Crippen molar-refractivity contribution in [2.75, 3.05) is 18.1 Å². The largest absolute Gasteiger partial charge is 0.355 e. The molecule has 0 aliphatic carbocycles. The summed E-state index contributed by atoms with van der Waals surface area (Å²) in [6, 6.07) is 0. The quantitative estimate of drug-likeness (QED) is 0.0836. The van der Waals surface area contributed by atoms with Gasteiger partial charge in [-0.1, -0.05) is 108 Å². The third-order valence-corrected chi connectivity index (χ3v) is 7.27. The molecule has 0 bridgehead atoms. The van der Waals surface area contributed by atoms with E-state index in [0.717, 1.165) is 69.4 Å². The molecule has 0 heterocycles. The van der Waals surface area contributed by atoms with Crippen molar-refractivity contribution in [1.82, 2.24) is 5.32 Å². The van der Waals surface area contributed by atoms with Crippen LogP contribution in [0.25, 0.3) is 0 Å². The first-order valence-corrected chi connectivity index (χ1v) is 15.6. The van der Waals surface area contributed by atoms with E-state index in [9.17, 15) is 9.59 Å². The number of rotatable bonds is 23. The van der Waals surface area contributed by atoms with Crippen molar-refractivity contribution in [2.45, 2.75) is 84.5 Å². The fourth-order valence-electron chi connectivity index (χ4n) is 2.81. The Hall–Kier alpha value is -1.72. The summed E-state index contributed by atoms with van der Waals surface area (Å²) in [7, 11) is 3.55. The minimum atomic E-state index is 0.105. The first-order chi connectivity index (χ1) is 17.2. The van der Waals surface area contributed by atoms with Gasteiger partial charge in [0.1, 0.15) is 5.78 Å². The molecule has 0 saturated carbocycles. The average Bonchev–Trinajstić information content (AvgIpc) is 2.86. The Balaban J connectivity index is 3.52. The normalized spacial score (nSPS) is 12.5. The second-order valence-electron chi connectivity index (χ2n) is 7.94. The van der Waals surface area contributed by atoms with Crippen LogP contribution in [0.4, 0.5) is 0 Å². The molecule has 0 radical (unpaired) electrons. The monoisotopic (exact) mass is 517 g/mol. The van der Waals surface area contributed by atoms with Crippen LogP contribution < -0.4 is 5.32 Å². The maximum Gasteiger partial charge on any atom is 0.219 e. The number of nitrogens with one attached hydrogen (secondary N) is 1. The first kappa shape index (κ1) is 33.3. The van der Waals surface area contributed by atoms with Gasteiger partial charge in [-0.05, 0) is 51.4 Å². The summed E-state index contributed by atoms with van der Waals surface area (Å²) in [6.45, 7) is 4.73. The van der Waals surface area contributed by atoms with Gasteiger partial charge in [0.05, 0.1) is 0 Å². The lowest BCUT2D eigenvalue weighted by Crippen LogP contribution is -2.24. The molecule has 196 valence electrons. The molecule has 0 rings (SSSR count). The molecule has 0 aromatic rings. The van der Waals surface area contributed by atoms with E-state index >= 15 is 0 Å². The molecule has 0 aromatic heterocycles. The molecule has 35 heavy (non-hydrogen) atoms. The maximum absolute atomic E-state index is 11.9. The molecular weight excluding hydrogens is 470 g/mol. The molecule has 0 aliphatic heterocycles. The third-order valence-electron chi connectivity index (χ3n) is 4.78. The number of amides is 1. The minimum absolute atomic E-state index is 0.105. The summed E-state index contributed by atoms with van der Waals surface area (Å²) >= 11 is 0. The number of carbonyl (C=O) groups is 2. The van der Waals surface area contributed by atoms with E-state index in [-0.39, 0.29) is 5.91 Å². The van der Waals surface area contributed by atoms with Crippen molar-refractivity contribution in [2.24, 2.45) is 0 Å². The number of carbonyl (C=O) groups excluding carboxylic acids is 2. The third kappa shape index (κ3) is 28.4. The molecule has 0 fully saturated rings. The molecule has 1 N–H and O–H groups in total. The predicted octanol–water partition coefficient (Wildman–Crippen LogP) is 8.72. The molecule has 3 nitrogen and oxygen atoms in total. The van der Waals surface area contributed by atoms with Crippen LogP contribution in [0.1, 0.15) is 84.5 Å². The van der Waals surface area contributed by atoms with Gasteiger partial charge < -0.3 is 5.32 Å². The Morgan fingerprint density at radius 3 is 1.63 bits per heavy atom. The first-order valence-electron chi connectivity index (χ1n) is 13.1. The lowest BCUT2D eigenvalue weighted by molar-refractivity contribution is -0.121. The van der Waals surface area contributed by atoms with Crippen molar-refractivity contribution in [3.05, 3.63) is 72.9 Å². The van der Waals surface area contributed by atoms with Crippen molar-refractivity contribution in [3.8, 4) is 0 Å². The number of hydrogen-bond acceptors (Lipinski definition) is 4. The Bertz CT molecular complexity index is 690. The summed E-state index contributed by atoms with van der Waals surface area (Å²) in [5.74, 6) is 2.35. The van der Waals surface area contributed by atoms with Gasteiger partial charge in [0.25, 0.3) is 0 Å². The van der Waals surface area contributed by atoms with Crippen LogP contribution in [0.2, 0.25) is 0 Å². The molecule has 0 atom stereocenters. The van der Waals surface area contributed by atoms with E-state index in [1.54, 1.807) is 21.6 Å². The Morgan fingerprint density at radius 1 is 0.629 bits per heavy atom. The SMILES string of the molecule is CC/C=C\C/C=C\C/C=C\C/C=C\C/C=C\C/C=C\CCC(=O)CCCSSCCNC(=O)CC. The molecular formula is C30H47NO2S2. The fraction of sp³-hybridized carbons (Fsp3) is 0.533. The van der Waals surface area contributed by atoms with E-state index in [2.05, 4.69) is 85.2 Å². The van der Waals surface area contributed by atoms with Gasteiger partial charge in [0.15, 0.2) is 0 Å². The minimum Gasteiger partial charge on any atom is -0.355 e. The second-order valence-corrected chi connectivity index (χ2v) is 10.6. The Labute approximate surface area is 223 Å². The van der Waals surface area contributed by atoms with Gasteiger partial charge >= 0.3 is 0 Å². The molecule has 1 amide bonds. The highest BCUT2D eigenvalue weighted by molar-refractivity contribution is 8.76. The lowest BCUT2D eigenvalue weighted by atomic mass is 10.1. The summed E-state index contributed by atoms with van der Waals surface area (Å²) in [6.07, 6.45) is 36.0.